The molecule has 0 spiro atoms. The van der Waals surface area contributed by atoms with Crippen LogP contribution in [0, 0.1) is 0 Å². The van der Waals surface area contributed by atoms with E-state index >= 15 is 0 Å². The second-order valence-electron chi connectivity index (χ2n) is 7.17. The largest absolute Gasteiger partial charge is 0.444 e. The van der Waals surface area contributed by atoms with Gasteiger partial charge in [-0.3, -0.25) is 4.79 Å². The third kappa shape index (κ3) is 3.52. The van der Waals surface area contributed by atoms with Gasteiger partial charge in [0.2, 0.25) is 0 Å². The van der Waals surface area contributed by atoms with Crippen LogP contribution in [-0.2, 0) is 4.74 Å². The van der Waals surface area contributed by atoms with Crippen LogP contribution in [0.25, 0.3) is 10.2 Å². The molecule has 1 aliphatic heterocycles. The Balaban J connectivity index is 1.80. The first-order valence-corrected chi connectivity index (χ1v) is 9.18. The highest BCUT2D eigenvalue weighted by atomic mass is 32.1. The van der Waals surface area contributed by atoms with E-state index < -0.39 is 11.5 Å². The van der Waals surface area contributed by atoms with Crippen molar-refractivity contribution in [2.45, 2.75) is 26.4 Å². The SMILES string of the molecule is CC(C)(C)OC(=O)N1CCN(c2ccnc3sc(C(N)=O)c(N)c23)CC1. The van der Waals surface area contributed by atoms with E-state index in [-0.39, 0.29) is 6.09 Å². The Labute approximate surface area is 155 Å². The number of aromatic nitrogens is 1. The van der Waals surface area contributed by atoms with Crippen molar-refractivity contribution in [2.24, 2.45) is 5.73 Å². The van der Waals surface area contributed by atoms with Crippen LogP contribution in [-0.4, -0.2) is 53.7 Å². The van der Waals surface area contributed by atoms with Crippen molar-refractivity contribution < 1.29 is 14.3 Å². The molecule has 3 rings (SSSR count). The third-order valence-corrected chi connectivity index (χ3v) is 5.23. The van der Waals surface area contributed by atoms with Crippen molar-refractivity contribution in [3.05, 3.63) is 17.1 Å². The van der Waals surface area contributed by atoms with Crippen molar-refractivity contribution >= 4 is 44.9 Å². The first-order valence-electron chi connectivity index (χ1n) is 8.37. The second-order valence-corrected chi connectivity index (χ2v) is 8.17. The van der Waals surface area contributed by atoms with Crippen LogP contribution < -0.4 is 16.4 Å². The fraction of sp³-hybridized carbons (Fsp3) is 0.471. The molecule has 1 aliphatic rings. The predicted octanol–water partition coefficient (Wildman–Crippen LogP) is 2.03. The van der Waals surface area contributed by atoms with Gasteiger partial charge < -0.3 is 26.0 Å². The molecular weight excluding hydrogens is 354 g/mol. The third-order valence-electron chi connectivity index (χ3n) is 4.10. The number of rotatable bonds is 2. The van der Waals surface area contributed by atoms with E-state index in [1.54, 1.807) is 11.1 Å². The summed E-state index contributed by atoms with van der Waals surface area (Å²) >= 11 is 1.20. The van der Waals surface area contributed by atoms with E-state index in [0.717, 1.165) is 11.1 Å². The lowest BCUT2D eigenvalue weighted by atomic mass is 10.2. The fourth-order valence-corrected chi connectivity index (χ4v) is 3.87. The zero-order chi connectivity index (χ0) is 19.1. The highest BCUT2D eigenvalue weighted by Gasteiger charge is 2.27. The summed E-state index contributed by atoms with van der Waals surface area (Å²) in [7, 11) is 0. The first kappa shape index (κ1) is 18.2. The molecule has 0 bridgehead atoms. The monoisotopic (exact) mass is 377 g/mol. The van der Waals surface area contributed by atoms with Gasteiger partial charge in [-0.1, -0.05) is 0 Å². The summed E-state index contributed by atoms with van der Waals surface area (Å²) in [5.41, 5.74) is 12.3. The molecule has 0 radical (unpaired) electrons. The maximum Gasteiger partial charge on any atom is 0.410 e. The number of carbonyl (C=O) groups is 2. The topological polar surface area (TPSA) is 115 Å². The van der Waals surface area contributed by atoms with E-state index in [1.807, 2.05) is 26.8 Å². The van der Waals surface area contributed by atoms with Crippen LogP contribution >= 0.6 is 11.3 Å². The van der Waals surface area contributed by atoms with Crippen molar-refractivity contribution in [2.75, 3.05) is 36.8 Å². The molecule has 0 unspecified atom stereocenters. The van der Waals surface area contributed by atoms with Gasteiger partial charge in [0.1, 0.15) is 15.3 Å². The van der Waals surface area contributed by atoms with E-state index in [9.17, 15) is 9.59 Å². The van der Waals surface area contributed by atoms with Gasteiger partial charge in [-0.2, -0.15) is 0 Å². The number of nitrogens with two attached hydrogens (primary N) is 2. The molecule has 8 nitrogen and oxygen atoms in total. The molecule has 2 amide bonds. The summed E-state index contributed by atoms with van der Waals surface area (Å²) in [5.74, 6) is -0.550. The number of nitrogen functional groups attached to an aromatic ring is 1. The minimum Gasteiger partial charge on any atom is -0.444 e. The molecule has 9 heteroatoms. The molecular formula is C17H23N5O3S. The highest BCUT2D eigenvalue weighted by Crippen LogP contribution is 2.38. The number of ether oxygens (including phenoxy) is 1. The van der Waals surface area contributed by atoms with E-state index in [4.69, 9.17) is 16.2 Å². The van der Waals surface area contributed by atoms with Crippen molar-refractivity contribution in [1.29, 1.82) is 0 Å². The van der Waals surface area contributed by atoms with E-state index in [2.05, 4.69) is 9.88 Å². The van der Waals surface area contributed by atoms with Crippen LogP contribution in [0.5, 0.6) is 0 Å². The maximum atomic E-state index is 12.2. The molecule has 2 aromatic heterocycles. The zero-order valence-corrected chi connectivity index (χ0v) is 15.9. The molecule has 2 aromatic rings. The quantitative estimate of drug-likeness (QED) is 0.827. The molecule has 1 fully saturated rings. The molecule has 4 N–H and O–H groups in total. The number of primary amides is 1. The van der Waals surface area contributed by atoms with Crippen LogP contribution in [0.3, 0.4) is 0 Å². The van der Waals surface area contributed by atoms with Gasteiger partial charge >= 0.3 is 6.09 Å². The second kappa shape index (κ2) is 6.64. The number of hydrogen-bond acceptors (Lipinski definition) is 7. The fourth-order valence-electron chi connectivity index (χ4n) is 2.93. The van der Waals surface area contributed by atoms with Crippen molar-refractivity contribution in [1.82, 2.24) is 9.88 Å². The van der Waals surface area contributed by atoms with Crippen LogP contribution in [0.15, 0.2) is 12.3 Å². The average molecular weight is 377 g/mol. The van der Waals surface area contributed by atoms with Gasteiger partial charge in [0.05, 0.1) is 16.8 Å². The zero-order valence-electron chi connectivity index (χ0n) is 15.1. The molecule has 0 saturated carbocycles. The Hall–Kier alpha value is -2.55. The number of pyridine rings is 1. The summed E-state index contributed by atoms with van der Waals surface area (Å²) in [6, 6.07) is 1.87. The van der Waals surface area contributed by atoms with E-state index in [1.165, 1.54) is 11.3 Å². The lowest BCUT2D eigenvalue weighted by molar-refractivity contribution is 0.0240. The minimum atomic E-state index is -0.550. The van der Waals surface area contributed by atoms with Gasteiger partial charge in [-0.15, -0.1) is 11.3 Å². The number of anilines is 2. The Kier molecular flexibility index (Phi) is 4.66. The Morgan fingerprint density at radius 1 is 1.23 bits per heavy atom. The van der Waals surface area contributed by atoms with Crippen LogP contribution in [0.4, 0.5) is 16.2 Å². The van der Waals surface area contributed by atoms with Crippen molar-refractivity contribution in [3.8, 4) is 0 Å². The van der Waals surface area contributed by atoms with Crippen LogP contribution in [0.2, 0.25) is 0 Å². The predicted molar refractivity (Wildman–Crippen MR) is 103 cm³/mol. The average Bonchev–Trinajstić information content (AvgIpc) is 2.91. The summed E-state index contributed by atoms with van der Waals surface area (Å²) in [6.07, 6.45) is 1.39. The molecule has 26 heavy (non-hydrogen) atoms. The van der Waals surface area contributed by atoms with E-state index in [0.29, 0.717) is 41.6 Å². The lowest BCUT2D eigenvalue weighted by Crippen LogP contribution is -2.50. The molecule has 3 heterocycles. The maximum absolute atomic E-state index is 12.2. The molecule has 1 saturated heterocycles. The summed E-state index contributed by atoms with van der Waals surface area (Å²) < 4.78 is 5.43. The molecule has 140 valence electrons. The number of piperazine rings is 1. The number of thiophene rings is 1. The number of carbonyl (C=O) groups excluding carboxylic acids is 2. The van der Waals surface area contributed by atoms with Gasteiger partial charge in [0, 0.05) is 32.4 Å². The molecule has 0 aromatic carbocycles. The molecule has 0 aliphatic carbocycles. The minimum absolute atomic E-state index is 0.303. The molecule has 0 atom stereocenters. The number of nitrogens with zero attached hydrogens (tertiary/aromatic N) is 3. The van der Waals surface area contributed by atoms with Gasteiger partial charge in [-0.25, -0.2) is 9.78 Å². The highest BCUT2D eigenvalue weighted by molar-refractivity contribution is 7.21. The Morgan fingerprint density at radius 2 is 1.88 bits per heavy atom. The first-order chi connectivity index (χ1) is 12.2. The van der Waals surface area contributed by atoms with Gasteiger partial charge in [0.15, 0.2) is 0 Å². The number of hydrogen-bond donors (Lipinski definition) is 2. The smallest absolute Gasteiger partial charge is 0.410 e. The van der Waals surface area contributed by atoms with Gasteiger partial charge in [0.25, 0.3) is 5.91 Å². The standard InChI is InChI=1S/C17H23N5O3S/c1-17(2,3)25-16(24)22-8-6-21(7-9-22)10-4-5-20-15-11(10)12(18)13(26-15)14(19)23/h4-5H,6-9,18H2,1-3H3,(H2,19,23). The summed E-state index contributed by atoms with van der Waals surface area (Å²) in [6.45, 7) is 7.93. The Morgan fingerprint density at radius 3 is 2.46 bits per heavy atom. The normalized spacial score (nSPS) is 15.3. The summed E-state index contributed by atoms with van der Waals surface area (Å²) in [5, 5.41) is 0.747. The summed E-state index contributed by atoms with van der Waals surface area (Å²) in [4.78, 5) is 32.9. The number of amides is 2. The van der Waals surface area contributed by atoms with Crippen LogP contribution in [0.1, 0.15) is 30.4 Å². The lowest BCUT2D eigenvalue weighted by Gasteiger charge is -2.37. The van der Waals surface area contributed by atoms with Crippen molar-refractivity contribution in [3.63, 3.8) is 0 Å². The number of fused-ring (bicyclic) bond motifs is 1. The Bertz CT molecular complexity index is 850. The van der Waals surface area contributed by atoms with Gasteiger partial charge in [-0.05, 0) is 26.8 Å².